The Morgan fingerprint density at radius 3 is 2.81 bits per heavy atom. The fraction of sp³-hybridized carbons (Fsp3) is 0.818. The number of nitrogens with zero attached hydrogens (tertiary/aromatic N) is 2. The van der Waals surface area contributed by atoms with E-state index in [-0.39, 0.29) is 24.3 Å². The minimum absolute atomic E-state index is 0.0193. The van der Waals surface area contributed by atoms with Crippen LogP contribution in [0, 0.1) is 5.92 Å². The third-order valence-electron chi connectivity index (χ3n) is 3.01. The second-order valence-electron chi connectivity index (χ2n) is 4.41. The predicted molar refractivity (Wildman–Crippen MR) is 61.7 cm³/mol. The lowest BCUT2D eigenvalue weighted by Gasteiger charge is -2.23. The highest BCUT2D eigenvalue weighted by molar-refractivity contribution is 5.86. The van der Waals surface area contributed by atoms with Crippen molar-refractivity contribution in [2.24, 2.45) is 11.7 Å². The van der Waals surface area contributed by atoms with Gasteiger partial charge in [0.1, 0.15) is 0 Å². The summed E-state index contributed by atoms with van der Waals surface area (Å²) < 4.78 is 0. The van der Waals surface area contributed by atoms with Crippen molar-refractivity contribution in [2.75, 3.05) is 33.2 Å². The van der Waals surface area contributed by atoms with Crippen LogP contribution in [0.5, 0.6) is 0 Å². The Morgan fingerprint density at radius 1 is 1.50 bits per heavy atom. The molecule has 0 aromatic carbocycles. The quantitative estimate of drug-likeness (QED) is 0.717. The molecule has 92 valence electrons. The number of rotatable bonds is 3. The average molecular weight is 227 g/mol. The predicted octanol–water partition coefficient (Wildman–Crippen LogP) is -0.338. The molecule has 5 heteroatoms. The molecule has 0 aromatic heterocycles. The standard InChI is InChI=1S/C11H21N3O2/c1-9(4-5-12)11(16)14-7-3-6-13(2)10(15)8-14/h9H,3-8,12H2,1-2H3. The molecule has 1 heterocycles. The third-order valence-corrected chi connectivity index (χ3v) is 3.01. The van der Waals surface area contributed by atoms with Crippen molar-refractivity contribution < 1.29 is 9.59 Å². The summed E-state index contributed by atoms with van der Waals surface area (Å²) >= 11 is 0. The zero-order valence-electron chi connectivity index (χ0n) is 10.1. The molecule has 0 saturated carbocycles. The fourth-order valence-corrected chi connectivity index (χ4v) is 1.86. The normalized spacial score (nSPS) is 19.6. The van der Waals surface area contributed by atoms with Crippen LogP contribution in [0.2, 0.25) is 0 Å². The average Bonchev–Trinajstić information content (AvgIpc) is 2.41. The molecule has 0 radical (unpaired) electrons. The van der Waals surface area contributed by atoms with Gasteiger partial charge < -0.3 is 15.5 Å². The molecule has 0 aromatic rings. The van der Waals surface area contributed by atoms with Gasteiger partial charge >= 0.3 is 0 Å². The maximum absolute atomic E-state index is 12.0. The molecule has 0 bridgehead atoms. The van der Waals surface area contributed by atoms with Gasteiger partial charge in [-0.1, -0.05) is 6.92 Å². The molecule has 5 nitrogen and oxygen atoms in total. The molecule has 1 saturated heterocycles. The van der Waals surface area contributed by atoms with Crippen LogP contribution >= 0.6 is 0 Å². The molecule has 16 heavy (non-hydrogen) atoms. The molecule has 1 rings (SSSR count). The van der Waals surface area contributed by atoms with Crippen LogP contribution in [0.3, 0.4) is 0 Å². The Hall–Kier alpha value is -1.10. The van der Waals surface area contributed by atoms with Gasteiger partial charge in [-0.25, -0.2) is 0 Å². The van der Waals surface area contributed by atoms with E-state index in [9.17, 15) is 9.59 Å². The molecular formula is C11H21N3O2. The molecule has 1 unspecified atom stereocenters. The van der Waals surface area contributed by atoms with Crippen molar-refractivity contribution in [3.63, 3.8) is 0 Å². The van der Waals surface area contributed by atoms with Crippen molar-refractivity contribution in [2.45, 2.75) is 19.8 Å². The molecule has 2 N–H and O–H groups in total. The van der Waals surface area contributed by atoms with Crippen molar-refractivity contribution in [3.05, 3.63) is 0 Å². The van der Waals surface area contributed by atoms with Crippen LogP contribution in [-0.4, -0.2) is 54.8 Å². The summed E-state index contributed by atoms with van der Waals surface area (Å²) in [6, 6.07) is 0. The van der Waals surface area contributed by atoms with Gasteiger partial charge in [-0.3, -0.25) is 9.59 Å². The van der Waals surface area contributed by atoms with Gasteiger partial charge in [0.2, 0.25) is 11.8 Å². The van der Waals surface area contributed by atoms with E-state index in [1.165, 1.54) is 0 Å². The zero-order valence-corrected chi connectivity index (χ0v) is 10.1. The van der Waals surface area contributed by atoms with Crippen molar-refractivity contribution in [1.82, 2.24) is 9.80 Å². The smallest absolute Gasteiger partial charge is 0.241 e. The Morgan fingerprint density at radius 2 is 2.19 bits per heavy atom. The van der Waals surface area contributed by atoms with Gasteiger partial charge in [-0.2, -0.15) is 0 Å². The number of likely N-dealkylation sites (N-methyl/N-ethyl adjacent to an activating group) is 1. The Balaban J connectivity index is 2.58. The summed E-state index contributed by atoms with van der Waals surface area (Å²) in [6.45, 7) is 3.99. The van der Waals surface area contributed by atoms with Gasteiger partial charge in [-0.05, 0) is 19.4 Å². The third kappa shape index (κ3) is 3.20. The lowest BCUT2D eigenvalue weighted by Crippen LogP contribution is -2.40. The topological polar surface area (TPSA) is 66.6 Å². The number of amides is 2. The number of hydrogen-bond acceptors (Lipinski definition) is 3. The number of carbonyl (C=O) groups is 2. The van der Waals surface area contributed by atoms with E-state index in [4.69, 9.17) is 5.73 Å². The van der Waals surface area contributed by atoms with E-state index in [1.807, 2.05) is 6.92 Å². The van der Waals surface area contributed by atoms with Gasteiger partial charge in [0.25, 0.3) is 0 Å². The highest BCUT2D eigenvalue weighted by Gasteiger charge is 2.25. The summed E-state index contributed by atoms with van der Waals surface area (Å²) in [6.07, 6.45) is 1.53. The fourth-order valence-electron chi connectivity index (χ4n) is 1.86. The van der Waals surface area contributed by atoms with E-state index in [2.05, 4.69) is 0 Å². The van der Waals surface area contributed by atoms with E-state index in [1.54, 1.807) is 16.8 Å². The highest BCUT2D eigenvalue weighted by Crippen LogP contribution is 2.10. The Bertz CT molecular complexity index is 268. The molecule has 2 amide bonds. The summed E-state index contributed by atoms with van der Waals surface area (Å²) in [5.74, 6) is -0.0129. The molecule has 0 aliphatic carbocycles. The lowest BCUT2D eigenvalue weighted by molar-refractivity contribution is -0.140. The monoisotopic (exact) mass is 227 g/mol. The second kappa shape index (κ2) is 5.84. The van der Waals surface area contributed by atoms with E-state index in [0.717, 1.165) is 13.0 Å². The molecular weight excluding hydrogens is 206 g/mol. The SMILES string of the molecule is CC(CCN)C(=O)N1CCCN(C)C(=O)C1. The van der Waals surface area contributed by atoms with E-state index < -0.39 is 0 Å². The number of nitrogens with two attached hydrogens (primary N) is 1. The maximum atomic E-state index is 12.0. The van der Waals surface area contributed by atoms with Gasteiger partial charge in [0.05, 0.1) is 6.54 Å². The summed E-state index contributed by atoms with van der Waals surface area (Å²) in [5.41, 5.74) is 5.43. The van der Waals surface area contributed by atoms with Crippen LogP contribution in [-0.2, 0) is 9.59 Å². The van der Waals surface area contributed by atoms with Crippen LogP contribution < -0.4 is 5.73 Å². The lowest BCUT2D eigenvalue weighted by atomic mass is 10.1. The van der Waals surface area contributed by atoms with Gasteiger partial charge in [-0.15, -0.1) is 0 Å². The molecule has 0 spiro atoms. The van der Waals surface area contributed by atoms with Crippen molar-refractivity contribution >= 4 is 11.8 Å². The largest absolute Gasteiger partial charge is 0.344 e. The maximum Gasteiger partial charge on any atom is 0.241 e. The molecule has 1 aliphatic rings. The first-order valence-corrected chi connectivity index (χ1v) is 5.79. The number of hydrogen-bond donors (Lipinski definition) is 1. The van der Waals surface area contributed by atoms with E-state index >= 15 is 0 Å². The van der Waals surface area contributed by atoms with Gasteiger partial charge in [0.15, 0.2) is 0 Å². The molecule has 1 fully saturated rings. The van der Waals surface area contributed by atoms with Crippen LogP contribution in [0.4, 0.5) is 0 Å². The second-order valence-corrected chi connectivity index (χ2v) is 4.41. The van der Waals surface area contributed by atoms with Crippen molar-refractivity contribution in [1.29, 1.82) is 0 Å². The zero-order chi connectivity index (χ0) is 12.1. The molecule has 1 atom stereocenters. The minimum Gasteiger partial charge on any atom is -0.344 e. The van der Waals surface area contributed by atoms with Gasteiger partial charge in [0, 0.05) is 26.1 Å². The summed E-state index contributed by atoms with van der Waals surface area (Å²) in [7, 11) is 1.78. The van der Waals surface area contributed by atoms with Crippen LogP contribution in [0.25, 0.3) is 0 Å². The number of carbonyl (C=O) groups excluding carboxylic acids is 2. The van der Waals surface area contributed by atoms with Crippen LogP contribution in [0.15, 0.2) is 0 Å². The first-order chi connectivity index (χ1) is 7.56. The minimum atomic E-state index is -0.0822. The van der Waals surface area contributed by atoms with Crippen LogP contribution in [0.1, 0.15) is 19.8 Å². The van der Waals surface area contributed by atoms with E-state index in [0.29, 0.717) is 19.5 Å². The summed E-state index contributed by atoms with van der Waals surface area (Å²) in [5, 5.41) is 0. The first kappa shape index (κ1) is 13.0. The molecule has 1 aliphatic heterocycles. The Kier molecular flexibility index (Phi) is 4.73. The Labute approximate surface area is 96.6 Å². The first-order valence-electron chi connectivity index (χ1n) is 5.79. The summed E-state index contributed by atoms with van der Waals surface area (Å²) in [4.78, 5) is 26.9. The van der Waals surface area contributed by atoms with Crippen molar-refractivity contribution in [3.8, 4) is 0 Å². The highest BCUT2D eigenvalue weighted by atomic mass is 16.2.